The Morgan fingerprint density at radius 3 is 2.38 bits per heavy atom. The van der Waals surface area contributed by atoms with Gasteiger partial charge in [0.1, 0.15) is 0 Å². The predicted molar refractivity (Wildman–Crippen MR) is 67.1 cm³/mol. The lowest BCUT2D eigenvalue weighted by Gasteiger charge is -2.14. The second-order valence-corrected chi connectivity index (χ2v) is 4.75. The summed E-state index contributed by atoms with van der Waals surface area (Å²) in [5.41, 5.74) is 5.79. The second-order valence-electron chi connectivity index (χ2n) is 4.75. The Kier molecular flexibility index (Phi) is 9.30. The van der Waals surface area contributed by atoms with E-state index >= 15 is 0 Å². The van der Waals surface area contributed by atoms with E-state index in [4.69, 9.17) is 10.5 Å². The molecule has 0 saturated carbocycles. The van der Waals surface area contributed by atoms with Crippen molar-refractivity contribution in [1.82, 2.24) is 0 Å². The lowest BCUT2D eigenvalue weighted by atomic mass is 10.0. The molecular weight excluding hydrogens is 202 g/mol. The highest BCUT2D eigenvalue weighted by atomic mass is 16.5. The normalized spacial score (nSPS) is 12.8. The molecule has 0 rings (SSSR count). The Hall–Kier alpha value is -0.570. The molecule has 0 aliphatic heterocycles. The van der Waals surface area contributed by atoms with Crippen LogP contribution in [0.5, 0.6) is 0 Å². The highest BCUT2D eigenvalue weighted by Crippen LogP contribution is 2.06. The fourth-order valence-electron chi connectivity index (χ4n) is 1.38. The van der Waals surface area contributed by atoms with Crippen LogP contribution in [0.4, 0.5) is 0 Å². The van der Waals surface area contributed by atoms with Crippen LogP contribution >= 0.6 is 0 Å². The van der Waals surface area contributed by atoms with E-state index in [0.717, 1.165) is 12.8 Å². The maximum absolute atomic E-state index is 11.3. The number of hydrogen-bond donors (Lipinski definition) is 1. The van der Waals surface area contributed by atoms with E-state index in [2.05, 4.69) is 6.92 Å². The average Bonchev–Trinajstić information content (AvgIpc) is 2.23. The van der Waals surface area contributed by atoms with E-state index < -0.39 is 0 Å². The highest BCUT2D eigenvalue weighted by molar-refractivity contribution is 5.70. The van der Waals surface area contributed by atoms with E-state index in [9.17, 15) is 4.79 Å². The molecule has 0 radical (unpaired) electrons. The van der Waals surface area contributed by atoms with Crippen molar-refractivity contribution in [2.75, 3.05) is 6.61 Å². The number of carbonyl (C=O) groups is 1. The molecule has 1 atom stereocenters. The maximum Gasteiger partial charge on any atom is 0.307 e. The van der Waals surface area contributed by atoms with Gasteiger partial charge in [-0.2, -0.15) is 0 Å². The van der Waals surface area contributed by atoms with Crippen molar-refractivity contribution < 1.29 is 9.53 Å². The molecule has 0 aliphatic rings. The molecule has 96 valence electrons. The second kappa shape index (κ2) is 9.64. The summed E-state index contributed by atoms with van der Waals surface area (Å²) in [6.45, 7) is 6.77. The highest BCUT2D eigenvalue weighted by Gasteiger charge is 2.13. The molecule has 0 aromatic carbocycles. The molecule has 1 unspecified atom stereocenters. The summed E-state index contributed by atoms with van der Waals surface area (Å²) in [4.78, 5) is 11.3. The van der Waals surface area contributed by atoms with Crippen LogP contribution in [-0.4, -0.2) is 18.6 Å². The van der Waals surface area contributed by atoms with Crippen molar-refractivity contribution in [3.63, 3.8) is 0 Å². The fraction of sp³-hybridized carbons (Fsp3) is 0.923. The Labute approximate surface area is 99.7 Å². The summed E-state index contributed by atoms with van der Waals surface area (Å²) < 4.78 is 5.12. The molecule has 16 heavy (non-hydrogen) atoms. The van der Waals surface area contributed by atoms with Gasteiger partial charge in [0.05, 0.1) is 13.0 Å². The van der Waals surface area contributed by atoms with Crippen LogP contribution in [0.2, 0.25) is 0 Å². The number of ether oxygens (including phenoxy) is 1. The smallest absolute Gasteiger partial charge is 0.307 e. The van der Waals surface area contributed by atoms with E-state index in [-0.39, 0.29) is 12.0 Å². The SMILES string of the molecule is CCCCCCCOC(=O)CC(N)C(C)C. The summed E-state index contributed by atoms with van der Waals surface area (Å²) in [6.07, 6.45) is 6.21. The number of carbonyl (C=O) groups excluding carboxylic acids is 1. The molecule has 0 aromatic rings. The minimum atomic E-state index is -0.156. The van der Waals surface area contributed by atoms with Crippen molar-refractivity contribution >= 4 is 5.97 Å². The molecule has 3 heteroatoms. The van der Waals surface area contributed by atoms with Gasteiger partial charge in [0, 0.05) is 6.04 Å². The van der Waals surface area contributed by atoms with Crippen molar-refractivity contribution in [3.05, 3.63) is 0 Å². The van der Waals surface area contributed by atoms with Gasteiger partial charge >= 0.3 is 5.97 Å². The third-order valence-electron chi connectivity index (χ3n) is 2.77. The topological polar surface area (TPSA) is 52.3 Å². The van der Waals surface area contributed by atoms with Crippen LogP contribution in [0.3, 0.4) is 0 Å². The molecule has 2 N–H and O–H groups in total. The first-order valence-corrected chi connectivity index (χ1v) is 6.49. The number of unbranched alkanes of at least 4 members (excludes halogenated alkanes) is 4. The van der Waals surface area contributed by atoms with Crippen LogP contribution in [0, 0.1) is 5.92 Å². The van der Waals surface area contributed by atoms with E-state index in [1.807, 2.05) is 13.8 Å². The Bertz CT molecular complexity index is 181. The van der Waals surface area contributed by atoms with Gasteiger partial charge in [0.25, 0.3) is 0 Å². The van der Waals surface area contributed by atoms with Gasteiger partial charge in [-0.15, -0.1) is 0 Å². The molecular formula is C13H27NO2. The first-order chi connectivity index (χ1) is 7.57. The van der Waals surface area contributed by atoms with Gasteiger partial charge in [-0.1, -0.05) is 46.5 Å². The zero-order valence-electron chi connectivity index (χ0n) is 11.0. The predicted octanol–water partition coefficient (Wildman–Crippen LogP) is 2.87. The van der Waals surface area contributed by atoms with Crippen LogP contribution in [0.25, 0.3) is 0 Å². The van der Waals surface area contributed by atoms with Crippen LogP contribution in [-0.2, 0) is 9.53 Å². The summed E-state index contributed by atoms with van der Waals surface area (Å²) >= 11 is 0. The van der Waals surface area contributed by atoms with Gasteiger partial charge < -0.3 is 10.5 Å². The number of hydrogen-bond acceptors (Lipinski definition) is 3. The van der Waals surface area contributed by atoms with Crippen molar-refractivity contribution in [3.8, 4) is 0 Å². The average molecular weight is 229 g/mol. The Morgan fingerprint density at radius 2 is 1.81 bits per heavy atom. The molecule has 0 aromatic heterocycles. The Morgan fingerprint density at radius 1 is 1.19 bits per heavy atom. The van der Waals surface area contributed by atoms with Gasteiger partial charge in [0.2, 0.25) is 0 Å². The molecule has 0 heterocycles. The zero-order chi connectivity index (χ0) is 12.4. The molecule has 0 amide bonds. The fourth-order valence-corrected chi connectivity index (χ4v) is 1.38. The molecule has 3 nitrogen and oxygen atoms in total. The largest absolute Gasteiger partial charge is 0.466 e. The van der Waals surface area contributed by atoms with Crippen molar-refractivity contribution in [1.29, 1.82) is 0 Å². The molecule has 0 spiro atoms. The standard InChI is InChI=1S/C13H27NO2/c1-4-5-6-7-8-9-16-13(15)10-12(14)11(2)3/h11-12H,4-10,14H2,1-3H3. The maximum atomic E-state index is 11.3. The number of rotatable bonds is 9. The van der Waals surface area contributed by atoms with Crippen LogP contribution in [0.1, 0.15) is 59.3 Å². The van der Waals surface area contributed by atoms with Crippen molar-refractivity contribution in [2.45, 2.75) is 65.3 Å². The van der Waals surface area contributed by atoms with Gasteiger partial charge in [0.15, 0.2) is 0 Å². The molecule has 0 bridgehead atoms. The minimum Gasteiger partial charge on any atom is -0.466 e. The molecule has 0 saturated heterocycles. The number of nitrogens with two attached hydrogens (primary N) is 1. The molecule has 0 fully saturated rings. The molecule has 0 aliphatic carbocycles. The van der Waals surface area contributed by atoms with Gasteiger partial charge in [-0.3, -0.25) is 4.79 Å². The minimum absolute atomic E-state index is 0.0763. The van der Waals surface area contributed by atoms with Crippen molar-refractivity contribution in [2.24, 2.45) is 11.7 Å². The van der Waals surface area contributed by atoms with Crippen LogP contribution < -0.4 is 5.73 Å². The van der Waals surface area contributed by atoms with Gasteiger partial charge in [-0.25, -0.2) is 0 Å². The van der Waals surface area contributed by atoms with E-state index in [1.165, 1.54) is 19.3 Å². The Balaban J connectivity index is 3.37. The third kappa shape index (κ3) is 8.72. The van der Waals surface area contributed by atoms with E-state index in [0.29, 0.717) is 18.9 Å². The number of esters is 1. The summed E-state index contributed by atoms with van der Waals surface area (Å²) in [5.74, 6) is 0.175. The lowest BCUT2D eigenvalue weighted by molar-refractivity contribution is -0.144. The first kappa shape index (κ1) is 15.4. The summed E-state index contributed by atoms with van der Waals surface area (Å²) in [5, 5.41) is 0. The summed E-state index contributed by atoms with van der Waals surface area (Å²) in [7, 11) is 0. The summed E-state index contributed by atoms with van der Waals surface area (Å²) in [6, 6.07) is -0.0763. The monoisotopic (exact) mass is 229 g/mol. The zero-order valence-corrected chi connectivity index (χ0v) is 11.0. The third-order valence-corrected chi connectivity index (χ3v) is 2.77. The quantitative estimate of drug-likeness (QED) is 0.488. The van der Waals surface area contributed by atoms with Gasteiger partial charge in [-0.05, 0) is 12.3 Å². The lowest BCUT2D eigenvalue weighted by Crippen LogP contribution is -2.30. The van der Waals surface area contributed by atoms with Crippen LogP contribution in [0.15, 0.2) is 0 Å². The first-order valence-electron chi connectivity index (χ1n) is 6.49. The van der Waals surface area contributed by atoms with E-state index in [1.54, 1.807) is 0 Å².